The van der Waals surface area contributed by atoms with Crippen LogP contribution in [0.3, 0.4) is 0 Å². The average Bonchev–Trinajstić information content (AvgIpc) is 2.83. The van der Waals surface area contributed by atoms with Crippen molar-refractivity contribution in [1.82, 2.24) is 9.78 Å². The first-order valence-electron chi connectivity index (χ1n) is 4.64. The van der Waals surface area contributed by atoms with Gasteiger partial charge in [0, 0.05) is 6.54 Å². The Morgan fingerprint density at radius 2 is 2.25 bits per heavy atom. The maximum Gasteiger partial charge on any atom is 0.222 e. The van der Waals surface area contributed by atoms with Crippen LogP contribution in [-0.2, 0) is 6.54 Å². The first kappa shape index (κ1) is 11.6. The van der Waals surface area contributed by atoms with Gasteiger partial charge < -0.3 is 0 Å². The molecule has 0 saturated heterocycles. The Hall–Kier alpha value is -0.840. The van der Waals surface area contributed by atoms with Crippen LogP contribution < -0.4 is 0 Å². The summed E-state index contributed by atoms with van der Waals surface area (Å²) in [6, 6.07) is 3.39. The molecule has 0 aliphatic rings. The van der Waals surface area contributed by atoms with E-state index in [1.54, 1.807) is 16.8 Å². The third-order valence-electron chi connectivity index (χ3n) is 2.11. The highest BCUT2D eigenvalue weighted by atomic mass is 35.5. The predicted octanol–water partition coefficient (Wildman–Crippen LogP) is 3.50. The zero-order valence-electron chi connectivity index (χ0n) is 8.41. The smallest absolute Gasteiger partial charge is 0.222 e. The van der Waals surface area contributed by atoms with E-state index in [1.807, 2.05) is 6.92 Å². The number of ketones is 1. The summed E-state index contributed by atoms with van der Waals surface area (Å²) >= 11 is 13.0. The van der Waals surface area contributed by atoms with Gasteiger partial charge in [-0.05, 0) is 19.1 Å². The molecule has 0 unspecified atom stereocenters. The summed E-state index contributed by atoms with van der Waals surface area (Å²) in [5, 5.41) is 4.39. The summed E-state index contributed by atoms with van der Waals surface area (Å²) < 4.78 is 2.17. The van der Waals surface area contributed by atoms with Gasteiger partial charge in [0.25, 0.3) is 0 Å². The Bertz CT molecular complexity index is 533. The van der Waals surface area contributed by atoms with Crippen molar-refractivity contribution in [3.8, 4) is 0 Å². The van der Waals surface area contributed by atoms with Crippen molar-refractivity contribution in [1.29, 1.82) is 0 Å². The molecule has 16 heavy (non-hydrogen) atoms. The summed E-state index contributed by atoms with van der Waals surface area (Å²) in [5.41, 5.74) is 0.419. The first-order valence-corrected chi connectivity index (χ1v) is 6.22. The maximum atomic E-state index is 12.1. The van der Waals surface area contributed by atoms with E-state index in [2.05, 4.69) is 5.10 Å². The molecule has 2 rings (SSSR count). The lowest BCUT2D eigenvalue weighted by atomic mass is 10.2. The van der Waals surface area contributed by atoms with Gasteiger partial charge in [-0.3, -0.25) is 9.48 Å². The molecule has 0 spiro atoms. The Morgan fingerprint density at radius 3 is 2.81 bits per heavy atom. The normalized spacial score (nSPS) is 10.7. The second kappa shape index (κ2) is 4.57. The van der Waals surface area contributed by atoms with Crippen molar-refractivity contribution in [3.63, 3.8) is 0 Å². The van der Waals surface area contributed by atoms with Gasteiger partial charge in [0.1, 0.15) is 5.69 Å². The van der Waals surface area contributed by atoms with Gasteiger partial charge in [0.05, 0.1) is 20.4 Å². The van der Waals surface area contributed by atoms with Crippen molar-refractivity contribution in [3.05, 3.63) is 38.3 Å². The molecule has 2 aromatic rings. The molecule has 6 heteroatoms. The van der Waals surface area contributed by atoms with E-state index in [0.29, 0.717) is 26.5 Å². The van der Waals surface area contributed by atoms with Crippen LogP contribution in [0.15, 0.2) is 18.3 Å². The standard InChI is InChI=1S/C10H8Cl2N2OS/c1-2-14-9(6(11)5-13-14)10(15)7-3-4-8(12)16-7/h3-5H,2H2,1H3. The molecule has 84 valence electrons. The van der Waals surface area contributed by atoms with Crippen molar-refractivity contribution in [2.75, 3.05) is 0 Å². The zero-order valence-corrected chi connectivity index (χ0v) is 10.7. The van der Waals surface area contributed by atoms with E-state index < -0.39 is 0 Å². The van der Waals surface area contributed by atoms with Crippen LogP contribution in [-0.4, -0.2) is 15.6 Å². The zero-order chi connectivity index (χ0) is 11.7. The summed E-state index contributed by atoms with van der Waals surface area (Å²) in [7, 11) is 0. The second-order valence-corrected chi connectivity index (χ2v) is 5.21. The SMILES string of the molecule is CCn1ncc(Cl)c1C(=O)c1ccc(Cl)s1. The molecular weight excluding hydrogens is 267 g/mol. The van der Waals surface area contributed by atoms with E-state index >= 15 is 0 Å². The molecule has 0 bridgehead atoms. The van der Waals surface area contributed by atoms with Crippen LogP contribution in [0.5, 0.6) is 0 Å². The van der Waals surface area contributed by atoms with Crippen molar-refractivity contribution in [2.24, 2.45) is 0 Å². The molecule has 0 fully saturated rings. The van der Waals surface area contributed by atoms with Crippen molar-refractivity contribution >= 4 is 40.3 Å². The molecule has 0 aliphatic carbocycles. The van der Waals surface area contributed by atoms with Gasteiger partial charge in [-0.25, -0.2) is 0 Å². The average molecular weight is 275 g/mol. The lowest BCUT2D eigenvalue weighted by molar-refractivity contribution is 0.103. The number of carbonyl (C=O) groups excluding carboxylic acids is 1. The van der Waals surface area contributed by atoms with Crippen LogP contribution in [0.2, 0.25) is 9.36 Å². The molecule has 0 amide bonds. The van der Waals surface area contributed by atoms with E-state index in [4.69, 9.17) is 23.2 Å². The predicted molar refractivity (Wildman–Crippen MR) is 65.7 cm³/mol. The summed E-state index contributed by atoms with van der Waals surface area (Å²) in [5.74, 6) is -0.138. The van der Waals surface area contributed by atoms with Crippen LogP contribution in [0.4, 0.5) is 0 Å². The number of thiophene rings is 1. The number of aryl methyl sites for hydroxylation is 1. The monoisotopic (exact) mass is 274 g/mol. The molecule has 0 aromatic carbocycles. The topological polar surface area (TPSA) is 34.9 Å². The number of hydrogen-bond acceptors (Lipinski definition) is 3. The molecule has 2 heterocycles. The molecule has 0 saturated carbocycles. The molecule has 3 nitrogen and oxygen atoms in total. The molecule has 0 aliphatic heterocycles. The highest BCUT2D eigenvalue weighted by Crippen LogP contribution is 2.26. The number of aromatic nitrogens is 2. The third-order valence-corrected chi connectivity index (χ3v) is 3.61. The number of rotatable bonds is 3. The fourth-order valence-electron chi connectivity index (χ4n) is 1.38. The third kappa shape index (κ3) is 2.00. The number of hydrogen-bond donors (Lipinski definition) is 0. The molecule has 2 aromatic heterocycles. The number of carbonyl (C=O) groups is 1. The highest BCUT2D eigenvalue weighted by Gasteiger charge is 2.19. The van der Waals surface area contributed by atoms with E-state index in [0.717, 1.165) is 0 Å². The van der Waals surface area contributed by atoms with E-state index in [-0.39, 0.29) is 5.78 Å². The fourth-order valence-corrected chi connectivity index (χ4v) is 2.59. The van der Waals surface area contributed by atoms with Gasteiger partial charge in [0.15, 0.2) is 0 Å². The number of halogens is 2. The van der Waals surface area contributed by atoms with Gasteiger partial charge in [-0.2, -0.15) is 5.10 Å². The van der Waals surface area contributed by atoms with Crippen LogP contribution >= 0.6 is 34.5 Å². The van der Waals surface area contributed by atoms with Crippen LogP contribution in [0.1, 0.15) is 22.3 Å². The molecule has 0 N–H and O–H groups in total. The lowest BCUT2D eigenvalue weighted by Gasteiger charge is -2.02. The lowest BCUT2D eigenvalue weighted by Crippen LogP contribution is -2.09. The molecule has 0 atom stereocenters. The summed E-state index contributed by atoms with van der Waals surface area (Å²) in [6.45, 7) is 2.51. The van der Waals surface area contributed by atoms with E-state index in [1.165, 1.54) is 17.5 Å². The van der Waals surface area contributed by atoms with Crippen molar-refractivity contribution in [2.45, 2.75) is 13.5 Å². The van der Waals surface area contributed by atoms with Gasteiger partial charge >= 0.3 is 0 Å². The largest absolute Gasteiger partial charge is 0.286 e. The Labute approximate surface area is 107 Å². The Kier molecular flexibility index (Phi) is 3.33. The summed E-state index contributed by atoms with van der Waals surface area (Å²) in [4.78, 5) is 12.7. The highest BCUT2D eigenvalue weighted by molar-refractivity contribution is 7.18. The second-order valence-electron chi connectivity index (χ2n) is 3.09. The van der Waals surface area contributed by atoms with Crippen LogP contribution in [0.25, 0.3) is 0 Å². The maximum absolute atomic E-state index is 12.1. The van der Waals surface area contributed by atoms with Crippen molar-refractivity contribution < 1.29 is 4.79 Å². The summed E-state index contributed by atoms with van der Waals surface area (Å²) in [6.07, 6.45) is 1.48. The minimum Gasteiger partial charge on any atom is -0.286 e. The fraction of sp³-hybridized carbons (Fsp3) is 0.200. The van der Waals surface area contributed by atoms with Gasteiger partial charge in [0.2, 0.25) is 5.78 Å². The number of nitrogens with zero attached hydrogens (tertiary/aromatic N) is 2. The molecular formula is C10H8Cl2N2OS. The van der Waals surface area contributed by atoms with Gasteiger partial charge in [-0.1, -0.05) is 23.2 Å². The van der Waals surface area contributed by atoms with Gasteiger partial charge in [-0.15, -0.1) is 11.3 Å². The first-order chi connectivity index (χ1) is 7.63. The minimum absolute atomic E-state index is 0.138. The minimum atomic E-state index is -0.138. The quantitative estimate of drug-likeness (QED) is 0.803. The van der Waals surface area contributed by atoms with Crippen LogP contribution in [0, 0.1) is 0 Å². The molecule has 0 radical (unpaired) electrons. The Morgan fingerprint density at radius 1 is 1.50 bits per heavy atom. The van der Waals surface area contributed by atoms with E-state index in [9.17, 15) is 4.79 Å². The Balaban J connectivity index is 2.44.